The fraction of sp³-hybridized carbons (Fsp3) is 0.706. The molecule has 1 N–H and O–H groups in total. The van der Waals surface area contributed by atoms with Crippen LogP contribution < -0.4 is 10.2 Å². The largest absolute Gasteiger partial charge is 0.357 e. The van der Waals surface area contributed by atoms with Gasteiger partial charge in [0.1, 0.15) is 5.82 Å². The average Bonchev–Trinajstić information content (AvgIpc) is 2.61. The molecule has 1 aliphatic rings. The first-order valence-electron chi connectivity index (χ1n) is 7.89. The fourth-order valence-electron chi connectivity index (χ4n) is 2.57. The predicted octanol–water partition coefficient (Wildman–Crippen LogP) is 3.60. The lowest BCUT2D eigenvalue weighted by Gasteiger charge is -2.23. The summed E-state index contributed by atoms with van der Waals surface area (Å²) in [6.45, 7) is 12.1. The van der Waals surface area contributed by atoms with Crippen molar-refractivity contribution in [1.29, 1.82) is 0 Å². The molecule has 0 bridgehead atoms. The number of hydrogen-bond acceptors (Lipinski definition) is 3. The Morgan fingerprint density at radius 3 is 2.70 bits per heavy atom. The average molecular weight is 275 g/mol. The second kappa shape index (κ2) is 6.57. The highest BCUT2D eigenvalue weighted by atomic mass is 15.2. The molecule has 2 rings (SSSR count). The molecule has 1 fully saturated rings. The number of nitrogens with one attached hydrogen (secondary N) is 1. The van der Waals surface area contributed by atoms with Gasteiger partial charge < -0.3 is 10.2 Å². The number of aromatic nitrogens is 1. The van der Waals surface area contributed by atoms with E-state index in [1.807, 2.05) is 6.20 Å². The smallest absolute Gasteiger partial charge is 0.128 e. The molecule has 0 spiro atoms. The maximum absolute atomic E-state index is 4.66. The van der Waals surface area contributed by atoms with E-state index in [4.69, 9.17) is 0 Å². The second-order valence-corrected chi connectivity index (χ2v) is 7.15. The SMILES string of the molecule is CC1CCCN(c2ccc(CNC(C)(C)C)cn2)CC1. The third-order valence-electron chi connectivity index (χ3n) is 3.97. The summed E-state index contributed by atoms with van der Waals surface area (Å²) in [4.78, 5) is 7.09. The van der Waals surface area contributed by atoms with E-state index < -0.39 is 0 Å². The molecule has 0 aromatic carbocycles. The number of rotatable bonds is 3. The molecular formula is C17H29N3. The van der Waals surface area contributed by atoms with Gasteiger partial charge in [-0.2, -0.15) is 0 Å². The molecular weight excluding hydrogens is 246 g/mol. The van der Waals surface area contributed by atoms with Gasteiger partial charge in [-0.1, -0.05) is 13.0 Å². The minimum absolute atomic E-state index is 0.152. The topological polar surface area (TPSA) is 28.2 Å². The molecule has 1 atom stereocenters. The van der Waals surface area contributed by atoms with Crippen LogP contribution in [0, 0.1) is 5.92 Å². The van der Waals surface area contributed by atoms with Crippen LogP contribution >= 0.6 is 0 Å². The highest BCUT2D eigenvalue weighted by Crippen LogP contribution is 2.21. The normalized spacial score (nSPS) is 20.8. The Labute approximate surface area is 123 Å². The molecule has 0 radical (unpaired) electrons. The summed E-state index contributed by atoms with van der Waals surface area (Å²) in [5, 5.41) is 3.50. The summed E-state index contributed by atoms with van der Waals surface area (Å²) in [6.07, 6.45) is 5.94. The highest BCUT2D eigenvalue weighted by molar-refractivity contribution is 5.39. The van der Waals surface area contributed by atoms with E-state index in [-0.39, 0.29) is 5.54 Å². The summed E-state index contributed by atoms with van der Waals surface area (Å²) in [5.41, 5.74) is 1.41. The van der Waals surface area contributed by atoms with Crippen molar-refractivity contribution in [2.75, 3.05) is 18.0 Å². The molecule has 20 heavy (non-hydrogen) atoms. The lowest BCUT2D eigenvalue weighted by Crippen LogP contribution is -2.35. The van der Waals surface area contributed by atoms with Crippen molar-refractivity contribution < 1.29 is 0 Å². The summed E-state index contributed by atoms with van der Waals surface area (Å²) in [5.74, 6) is 1.99. The molecule has 0 amide bonds. The van der Waals surface area contributed by atoms with Crippen molar-refractivity contribution in [3.63, 3.8) is 0 Å². The van der Waals surface area contributed by atoms with Crippen LogP contribution in [-0.4, -0.2) is 23.6 Å². The van der Waals surface area contributed by atoms with Crippen LogP contribution in [0.3, 0.4) is 0 Å². The van der Waals surface area contributed by atoms with Gasteiger partial charge in [-0.05, 0) is 57.6 Å². The van der Waals surface area contributed by atoms with Gasteiger partial charge >= 0.3 is 0 Å². The van der Waals surface area contributed by atoms with Gasteiger partial charge in [0.2, 0.25) is 0 Å². The Morgan fingerprint density at radius 2 is 2.05 bits per heavy atom. The van der Waals surface area contributed by atoms with Crippen LogP contribution in [0.4, 0.5) is 5.82 Å². The first kappa shape index (κ1) is 15.3. The fourth-order valence-corrected chi connectivity index (χ4v) is 2.57. The summed E-state index contributed by atoms with van der Waals surface area (Å²) in [6, 6.07) is 4.38. The lowest BCUT2D eigenvalue weighted by atomic mass is 10.0. The van der Waals surface area contributed by atoms with E-state index in [1.54, 1.807) is 0 Å². The molecule has 0 saturated carbocycles. The predicted molar refractivity (Wildman–Crippen MR) is 86.1 cm³/mol. The number of hydrogen-bond donors (Lipinski definition) is 1. The molecule has 3 nitrogen and oxygen atoms in total. The van der Waals surface area contributed by atoms with Crippen molar-refractivity contribution in [3.8, 4) is 0 Å². The van der Waals surface area contributed by atoms with Gasteiger partial charge in [0.15, 0.2) is 0 Å². The van der Waals surface area contributed by atoms with Crippen LogP contribution in [0.15, 0.2) is 18.3 Å². The van der Waals surface area contributed by atoms with Crippen molar-refractivity contribution in [2.24, 2.45) is 5.92 Å². The quantitative estimate of drug-likeness (QED) is 0.913. The zero-order valence-electron chi connectivity index (χ0n) is 13.4. The third kappa shape index (κ3) is 4.78. The molecule has 1 saturated heterocycles. The zero-order chi connectivity index (χ0) is 14.6. The van der Waals surface area contributed by atoms with E-state index in [0.717, 1.165) is 31.4 Å². The molecule has 3 heteroatoms. The van der Waals surface area contributed by atoms with Crippen LogP contribution in [0.25, 0.3) is 0 Å². The first-order chi connectivity index (χ1) is 9.44. The van der Waals surface area contributed by atoms with Gasteiger partial charge in [0.05, 0.1) is 0 Å². The van der Waals surface area contributed by atoms with Crippen LogP contribution in [0.1, 0.15) is 52.5 Å². The highest BCUT2D eigenvalue weighted by Gasteiger charge is 2.15. The lowest BCUT2D eigenvalue weighted by molar-refractivity contribution is 0.424. The van der Waals surface area contributed by atoms with Gasteiger partial charge in [-0.25, -0.2) is 4.98 Å². The van der Waals surface area contributed by atoms with Crippen LogP contribution in [0.2, 0.25) is 0 Å². The monoisotopic (exact) mass is 275 g/mol. The van der Waals surface area contributed by atoms with E-state index >= 15 is 0 Å². The van der Waals surface area contributed by atoms with Crippen LogP contribution in [-0.2, 0) is 6.54 Å². The molecule has 1 aromatic heterocycles. The second-order valence-electron chi connectivity index (χ2n) is 7.15. The number of pyridine rings is 1. The Hall–Kier alpha value is -1.09. The molecule has 1 aliphatic heterocycles. The Bertz CT molecular complexity index is 405. The summed E-state index contributed by atoms with van der Waals surface area (Å²) < 4.78 is 0. The Balaban J connectivity index is 1.93. The van der Waals surface area contributed by atoms with Gasteiger partial charge in [0.25, 0.3) is 0 Å². The Kier molecular flexibility index (Phi) is 5.03. The standard InChI is InChI=1S/C17H29N3/c1-14-6-5-10-20(11-9-14)16-8-7-15(12-18-16)13-19-17(2,3)4/h7-8,12,14,19H,5-6,9-11,13H2,1-4H3. The van der Waals surface area contributed by atoms with Crippen molar-refractivity contribution in [2.45, 2.75) is 59.0 Å². The summed E-state index contributed by atoms with van der Waals surface area (Å²) in [7, 11) is 0. The minimum Gasteiger partial charge on any atom is -0.357 e. The van der Waals surface area contributed by atoms with Gasteiger partial charge in [-0.3, -0.25) is 0 Å². The van der Waals surface area contributed by atoms with Crippen molar-refractivity contribution >= 4 is 5.82 Å². The first-order valence-corrected chi connectivity index (χ1v) is 7.89. The molecule has 0 aliphatic carbocycles. The van der Waals surface area contributed by atoms with Crippen molar-refractivity contribution in [3.05, 3.63) is 23.9 Å². The maximum Gasteiger partial charge on any atom is 0.128 e. The number of nitrogens with zero attached hydrogens (tertiary/aromatic N) is 2. The zero-order valence-corrected chi connectivity index (χ0v) is 13.4. The Morgan fingerprint density at radius 1 is 1.25 bits per heavy atom. The molecule has 1 unspecified atom stereocenters. The molecule has 2 heterocycles. The number of anilines is 1. The van der Waals surface area contributed by atoms with Crippen LogP contribution in [0.5, 0.6) is 0 Å². The third-order valence-corrected chi connectivity index (χ3v) is 3.97. The minimum atomic E-state index is 0.152. The summed E-state index contributed by atoms with van der Waals surface area (Å²) >= 11 is 0. The maximum atomic E-state index is 4.66. The molecule has 112 valence electrons. The van der Waals surface area contributed by atoms with Gasteiger partial charge in [-0.15, -0.1) is 0 Å². The van der Waals surface area contributed by atoms with E-state index in [9.17, 15) is 0 Å². The van der Waals surface area contributed by atoms with Crippen molar-refractivity contribution in [1.82, 2.24) is 10.3 Å². The molecule has 1 aromatic rings. The van der Waals surface area contributed by atoms with Gasteiger partial charge in [0, 0.05) is 31.4 Å². The van der Waals surface area contributed by atoms with E-state index in [2.05, 4.69) is 55.0 Å². The van der Waals surface area contributed by atoms with E-state index in [1.165, 1.54) is 24.8 Å². The van der Waals surface area contributed by atoms with E-state index in [0.29, 0.717) is 0 Å².